The molecule has 61 heavy (non-hydrogen) atoms. The summed E-state index contributed by atoms with van der Waals surface area (Å²) in [5.41, 5.74) is 21.3. The molecule has 2 aliphatic carbocycles. The maximum absolute atomic E-state index is 5.60. The van der Waals surface area contributed by atoms with E-state index >= 15 is 0 Å². The Labute approximate surface area is 356 Å². The molecule has 0 amide bonds. The third-order valence-corrected chi connectivity index (χ3v) is 12.8. The van der Waals surface area contributed by atoms with Gasteiger partial charge in [-0.1, -0.05) is 224 Å². The van der Waals surface area contributed by atoms with Gasteiger partial charge in [-0.3, -0.25) is 0 Å². The SMILES string of the molecule is c1ccc(-c2ccccc2-c2cc(-c3cccc4c3-c3ccccc3C43c4ccccc4-c4ccccc4-c4ccccc43)nc(-c3ccccc3-c3ccccc3)n2)cc1. The highest BCUT2D eigenvalue weighted by atomic mass is 14.9. The summed E-state index contributed by atoms with van der Waals surface area (Å²) >= 11 is 0. The molecule has 0 fully saturated rings. The van der Waals surface area contributed by atoms with Gasteiger partial charge in [0, 0.05) is 16.7 Å². The van der Waals surface area contributed by atoms with Crippen LogP contribution in [0.3, 0.4) is 0 Å². The van der Waals surface area contributed by atoms with Crippen LogP contribution in [0.25, 0.3) is 89.5 Å². The van der Waals surface area contributed by atoms with E-state index in [1.165, 1.54) is 55.6 Å². The van der Waals surface area contributed by atoms with E-state index in [0.29, 0.717) is 5.82 Å². The molecule has 0 bridgehead atoms. The molecule has 1 heterocycles. The van der Waals surface area contributed by atoms with Crippen LogP contribution in [0, 0.1) is 0 Å². The highest BCUT2D eigenvalue weighted by Gasteiger charge is 2.50. The molecule has 0 N–H and O–H groups in total. The van der Waals surface area contributed by atoms with Gasteiger partial charge in [-0.05, 0) is 84.0 Å². The molecular formula is C59H38N2. The predicted octanol–water partition coefficient (Wildman–Crippen LogP) is 14.8. The second-order valence-corrected chi connectivity index (χ2v) is 15.9. The third-order valence-electron chi connectivity index (χ3n) is 12.8. The number of hydrogen-bond donors (Lipinski definition) is 0. The van der Waals surface area contributed by atoms with Gasteiger partial charge in [-0.25, -0.2) is 9.97 Å². The fourth-order valence-electron chi connectivity index (χ4n) is 10.3. The van der Waals surface area contributed by atoms with Crippen molar-refractivity contribution in [3.8, 4) is 89.5 Å². The number of aromatic nitrogens is 2. The molecule has 9 aromatic carbocycles. The van der Waals surface area contributed by atoms with Crippen molar-refractivity contribution < 1.29 is 0 Å². The zero-order valence-corrected chi connectivity index (χ0v) is 33.3. The van der Waals surface area contributed by atoms with Crippen LogP contribution in [0.15, 0.2) is 231 Å². The van der Waals surface area contributed by atoms with Gasteiger partial charge >= 0.3 is 0 Å². The summed E-state index contributed by atoms with van der Waals surface area (Å²) in [4.78, 5) is 11.1. The quantitative estimate of drug-likeness (QED) is 0.174. The lowest BCUT2D eigenvalue weighted by Crippen LogP contribution is -2.29. The fraction of sp³-hybridized carbons (Fsp3) is 0.0169. The number of benzene rings is 9. The van der Waals surface area contributed by atoms with Crippen molar-refractivity contribution in [2.24, 2.45) is 0 Å². The van der Waals surface area contributed by atoms with Crippen LogP contribution < -0.4 is 0 Å². The van der Waals surface area contributed by atoms with Crippen molar-refractivity contribution in [3.05, 3.63) is 253 Å². The van der Waals surface area contributed by atoms with E-state index in [9.17, 15) is 0 Å². The molecule has 10 aromatic rings. The molecule has 1 spiro atoms. The number of rotatable bonds is 5. The van der Waals surface area contributed by atoms with Crippen LogP contribution in [0.2, 0.25) is 0 Å². The van der Waals surface area contributed by atoms with E-state index in [1.54, 1.807) is 0 Å². The fourth-order valence-corrected chi connectivity index (χ4v) is 10.3. The lowest BCUT2D eigenvalue weighted by Gasteiger charge is -2.35. The van der Waals surface area contributed by atoms with Crippen molar-refractivity contribution in [3.63, 3.8) is 0 Å². The minimum absolute atomic E-state index is 0.591. The number of fused-ring (bicyclic) bond motifs is 12. The highest BCUT2D eigenvalue weighted by molar-refractivity contribution is 6.01. The second-order valence-electron chi connectivity index (χ2n) is 15.9. The van der Waals surface area contributed by atoms with Gasteiger partial charge in [0.15, 0.2) is 5.82 Å². The minimum Gasteiger partial charge on any atom is -0.228 e. The number of nitrogens with zero attached hydrogens (tertiary/aromatic N) is 2. The van der Waals surface area contributed by atoms with Gasteiger partial charge in [0.2, 0.25) is 0 Å². The Morgan fingerprint density at radius 3 is 1.16 bits per heavy atom. The normalized spacial score (nSPS) is 12.7. The first-order valence-electron chi connectivity index (χ1n) is 21.0. The van der Waals surface area contributed by atoms with Gasteiger partial charge in [0.1, 0.15) is 0 Å². The highest BCUT2D eigenvalue weighted by Crippen LogP contribution is 2.62. The maximum Gasteiger partial charge on any atom is 0.161 e. The molecule has 2 heteroatoms. The zero-order valence-electron chi connectivity index (χ0n) is 33.3. The molecular weight excluding hydrogens is 737 g/mol. The Morgan fingerprint density at radius 1 is 0.246 bits per heavy atom. The largest absolute Gasteiger partial charge is 0.228 e. The van der Waals surface area contributed by atoms with E-state index in [1.807, 2.05) is 0 Å². The van der Waals surface area contributed by atoms with Crippen molar-refractivity contribution in [2.75, 3.05) is 0 Å². The molecule has 0 saturated carbocycles. The monoisotopic (exact) mass is 774 g/mol. The van der Waals surface area contributed by atoms with Crippen molar-refractivity contribution in [2.45, 2.75) is 5.41 Å². The van der Waals surface area contributed by atoms with Gasteiger partial charge in [-0.2, -0.15) is 0 Å². The summed E-state index contributed by atoms with van der Waals surface area (Å²) in [5, 5.41) is 0. The molecule has 0 aliphatic heterocycles. The second kappa shape index (κ2) is 14.1. The number of hydrogen-bond acceptors (Lipinski definition) is 2. The van der Waals surface area contributed by atoms with Crippen molar-refractivity contribution in [1.29, 1.82) is 0 Å². The van der Waals surface area contributed by atoms with E-state index in [0.717, 1.165) is 50.3 Å². The smallest absolute Gasteiger partial charge is 0.161 e. The Kier molecular flexibility index (Phi) is 8.11. The molecule has 2 aliphatic rings. The van der Waals surface area contributed by atoms with E-state index < -0.39 is 5.41 Å². The molecule has 0 unspecified atom stereocenters. The van der Waals surface area contributed by atoms with Crippen LogP contribution in [0.1, 0.15) is 22.3 Å². The molecule has 12 rings (SSSR count). The van der Waals surface area contributed by atoms with Crippen LogP contribution in [-0.4, -0.2) is 9.97 Å². The molecule has 2 nitrogen and oxygen atoms in total. The topological polar surface area (TPSA) is 25.8 Å². The van der Waals surface area contributed by atoms with E-state index in [2.05, 4.69) is 231 Å². The lowest BCUT2D eigenvalue weighted by atomic mass is 9.66. The Hall–Kier alpha value is -7.94. The van der Waals surface area contributed by atoms with E-state index in [4.69, 9.17) is 9.97 Å². The summed E-state index contributed by atoms with van der Waals surface area (Å²) in [5.74, 6) is 0.689. The molecule has 1 aromatic heterocycles. The Bertz CT molecular complexity index is 3140. The maximum atomic E-state index is 5.60. The van der Waals surface area contributed by atoms with Gasteiger partial charge < -0.3 is 0 Å². The van der Waals surface area contributed by atoms with Crippen LogP contribution in [0.4, 0.5) is 0 Å². The van der Waals surface area contributed by atoms with E-state index in [-0.39, 0.29) is 0 Å². The predicted molar refractivity (Wildman–Crippen MR) is 251 cm³/mol. The average molecular weight is 775 g/mol. The molecule has 0 atom stereocenters. The van der Waals surface area contributed by atoms with Gasteiger partial charge in [-0.15, -0.1) is 0 Å². The zero-order chi connectivity index (χ0) is 40.3. The van der Waals surface area contributed by atoms with Crippen molar-refractivity contribution in [1.82, 2.24) is 9.97 Å². The van der Waals surface area contributed by atoms with Gasteiger partial charge in [0.05, 0.1) is 16.8 Å². The summed E-state index contributed by atoms with van der Waals surface area (Å²) in [6, 6.07) is 83.5. The minimum atomic E-state index is -0.591. The standard InChI is InChI=1S/C59H38N2/c1-3-20-39(21-4-1)41-24-7-11-30-47(41)55-38-56(61-58(60-55)48-31-12-8-25-42(48)40-22-5-2-6-23-40)50-33-19-37-54-57(50)49-32-15-18-36-53(49)59(54)51-34-16-13-28-45(51)43-26-9-10-27-44(43)46-29-14-17-35-52(46)59/h1-38H. The average Bonchev–Trinajstić information content (AvgIpc) is 3.59. The first kappa shape index (κ1) is 35.0. The molecule has 0 radical (unpaired) electrons. The molecule has 0 saturated heterocycles. The van der Waals surface area contributed by atoms with Crippen LogP contribution >= 0.6 is 0 Å². The first-order chi connectivity index (χ1) is 30.3. The third kappa shape index (κ3) is 5.36. The van der Waals surface area contributed by atoms with Gasteiger partial charge in [0.25, 0.3) is 0 Å². The summed E-state index contributed by atoms with van der Waals surface area (Å²) in [6.45, 7) is 0. The first-order valence-corrected chi connectivity index (χ1v) is 21.0. The van der Waals surface area contributed by atoms with Crippen LogP contribution in [-0.2, 0) is 5.41 Å². The van der Waals surface area contributed by atoms with Crippen molar-refractivity contribution >= 4 is 0 Å². The molecule has 284 valence electrons. The lowest BCUT2D eigenvalue weighted by molar-refractivity contribution is 0.775. The Balaban J connectivity index is 1.17. The Morgan fingerprint density at radius 2 is 0.607 bits per heavy atom. The summed E-state index contributed by atoms with van der Waals surface area (Å²) in [7, 11) is 0. The summed E-state index contributed by atoms with van der Waals surface area (Å²) in [6.07, 6.45) is 0. The summed E-state index contributed by atoms with van der Waals surface area (Å²) < 4.78 is 0. The van der Waals surface area contributed by atoms with Crippen LogP contribution in [0.5, 0.6) is 0 Å².